The first-order valence-electron chi connectivity index (χ1n) is 14.5. The van der Waals surface area contributed by atoms with Gasteiger partial charge in [-0.2, -0.15) is 18.3 Å². The zero-order valence-electron chi connectivity index (χ0n) is 21.8. The van der Waals surface area contributed by atoms with Crippen LogP contribution in [0.4, 0.5) is 13.2 Å². The van der Waals surface area contributed by atoms with E-state index in [2.05, 4.69) is 21.2 Å². The molecule has 3 heterocycles. The summed E-state index contributed by atoms with van der Waals surface area (Å²) in [5.41, 5.74) is 2.21. The number of likely N-dealkylation sites (tertiary alicyclic amines) is 2. The summed E-state index contributed by atoms with van der Waals surface area (Å²) in [6, 6.07) is 8.18. The number of hydrogen-bond acceptors (Lipinski definition) is 5. The predicted molar refractivity (Wildman–Crippen MR) is 136 cm³/mol. The van der Waals surface area contributed by atoms with Crippen molar-refractivity contribution in [2.75, 3.05) is 26.2 Å². The molecule has 2 saturated heterocycles. The molecule has 0 spiro atoms. The van der Waals surface area contributed by atoms with Crippen molar-refractivity contribution in [2.45, 2.75) is 56.7 Å². The Morgan fingerprint density at radius 3 is 2.33 bits per heavy atom. The maximum Gasteiger partial charge on any atom is 0.394 e. The number of halogens is 3. The standard InChI is InChI=1S/C29H35F3N4O3/c30-29(31,32)24-19-12-20(26(24)37)23-22(19)27(38)36(28(23)39)14-17-5-3-4-16(17)13-35-10-8-15(9-11-35)25-18-6-1-2-7-21(18)33-34-25/h1-2,6-7,15-17,19-20,22-24,26,37H,3-5,8-14H2,(H,33,34)/t16-,17-,19?,20?,22?,23?,24?,26?/m1/s1. The molecule has 1 aromatic heterocycles. The molecule has 210 valence electrons. The van der Waals surface area contributed by atoms with Gasteiger partial charge in [0.25, 0.3) is 0 Å². The monoisotopic (exact) mass is 544 g/mol. The van der Waals surface area contributed by atoms with Crippen LogP contribution in [-0.4, -0.2) is 75.4 Å². The molecule has 2 bridgehead atoms. The molecule has 39 heavy (non-hydrogen) atoms. The van der Waals surface area contributed by atoms with Crippen molar-refractivity contribution in [3.8, 4) is 0 Å². The second kappa shape index (κ2) is 9.29. The van der Waals surface area contributed by atoms with E-state index in [4.69, 9.17) is 0 Å². The molecule has 5 aliphatic rings. The van der Waals surface area contributed by atoms with Gasteiger partial charge in [0.05, 0.1) is 29.4 Å². The lowest BCUT2D eigenvalue weighted by molar-refractivity contribution is -0.219. The summed E-state index contributed by atoms with van der Waals surface area (Å²) >= 11 is 0. The van der Waals surface area contributed by atoms with Crippen molar-refractivity contribution in [3.63, 3.8) is 0 Å². The molecular formula is C29H35F3N4O3. The topological polar surface area (TPSA) is 89.5 Å². The summed E-state index contributed by atoms with van der Waals surface area (Å²) in [7, 11) is 0. The second-order valence-electron chi connectivity index (χ2n) is 12.6. The maximum atomic E-state index is 13.6. The fourth-order valence-electron chi connectivity index (χ4n) is 9.00. The molecule has 6 unspecified atom stereocenters. The quantitative estimate of drug-likeness (QED) is 0.557. The zero-order chi connectivity index (χ0) is 27.1. The SMILES string of the molecule is O=C1C2C3CC(C2C(=O)N1C[C@H]1CCC[C@@H]1CN1CCC(c2[nH]nc4ccccc24)CC1)C(C(F)(F)F)C3O. The number of nitrogens with zero attached hydrogens (tertiary/aromatic N) is 3. The average molecular weight is 545 g/mol. The fraction of sp³-hybridized carbons (Fsp3) is 0.690. The van der Waals surface area contributed by atoms with Crippen molar-refractivity contribution in [3.05, 3.63) is 30.0 Å². The third-order valence-corrected chi connectivity index (χ3v) is 10.8. The van der Waals surface area contributed by atoms with E-state index in [-0.39, 0.29) is 18.2 Å². The highest BCUT2D eigenvalue weighted by Gasteiger charge is 2.71. The Morgan fingerprint density at radius 1 is 0.949 bits per heavy atom. The minimum Gasteiger partial charge on any atom is -0.392 e. The molecule has 5 fully saturated rings. The van der Waals surface area contributed by atoms with E-state index >= 15 is 0 Å². The molecule has 0 radical (unpaired) electrons. The maximum absolute atomic E-state index is 13.6. The van der Waals surface area contributed by atoms with Crippen LogP contribution in [0.25, 0.3) is 10.9 Å². The number of amides is 2. The summed E-state index contributed by atoms with van der Waals surface area (Å²) in [6.07, 6.45) is -0.946. The molecule has 8 atom stereocenters. The van der Waals surface area contributed by atoms with Crippen molar-refractivity contribution in [2.24, 2.45) is 41.4 Å². The average Bonchev–Trinajstić information content (AvgIpc) is 3.71. The Hall–Kier alpha value is -2.46. The molecule has 2 aliphatic heterocycles. The molecule has 7 rings (SSSR count). The van der Waals surface area contributed by atoms with Crippen LogP contribution in [0.15, 0.2) is 24.3 Å². The summed E-state index contributed by atoms with van der Waals surface area (Å²) in [5.74, 6) is -5.16. The van der Waals surface area contributed by atoms with Gasteiger partial charge in [-0.15, -0.1) is 0 Å². The lowest BCUT2D eigenvalue weighted by atomic mass is 9.73. The number of aliphatic hydroxyl groups excluding tert-OH is 1. The Balaban J connectivity index is 0.982. The van der Waals surface area contributed by atoms with Crippen molar-refractivity contribution in [1.82, 2.24) is 20.0 Å². The Kier molecular flexibility index (Phi) is 6.08. The van der Waals surface area contributed by atoms with Gasteiger partial charge < -0.3 is 10.0 Å². The van der Waals surface area contributed by atoms with Crippen LogP contribution in [0.1, 0.15) is 50.1 Å². The molecule has 7 nitrogen and oxygen atoms in total. The van der Waals surface area contributed by atoms with Gasteiger partial charge in [-0.25, -0.2) is 0 Å². The first-order chi connectivity index (χ1) is 18.7. The van der Waals surface area contributed by atoms with E-state index in [1.54, 1.807) is 0 Å². The third-order valence-electron chi connectivity index (χ3n) is 10.8. The summed E-state index contributed by atoms with van der Waals surface area (Å²) < 4.78 is 40.9. The number of aromatic amines is 1. The van der Waals surface area contributed by atoms with Crippen LogP contribution in [0.2, 0.25) is 0 Å². The molecule has 2 aromatic rings. The number of carbonyl (C=O) groups excluding carboxylic acids is 2. The van der Waals surface area contributed by atoms with Gasteiger partial charge >= 0.3 is 6.18 Å². The number of fused-ring (bicyclic) bond motifs is 6. The van der Waals surface area contributed by atoms with Crippen LogP contribution < -0.4 is 0 Å². The highest BCUT2D eigenvalue weighted by molar-refractivity contribution is 6.06. The van der Waals surface area contributed by atoms with Gasteiger partial charge in [0.1, 0.15) is 0 Å². The van der Waals surface area contributed by atoms with Gasteiger partial charge in [0.15, 0.2) is 0 Å². The van der Waals surface area contributed by atoms with Crippen molar-refractivity contribution in [1.29, 1.82) is 0 Å². The van der Waals surface area contributed by atoms with Crippen molar-refractivity contribution < 1.29 is 27.9 Å². The lowest BCUT2D eigenvalue weighted by Crippen LogP contribution is -2.46. The molecule has 10 heteroatoms. The van der Waals surface area contributed by atoms with Gasteiger partial charge in [-0.1, -0.05) is 24.6 Å². The molecule has 3 saturated carbocycles. The number of aliphatic hydroxyl groups is 1. The van der Waals surface area contributed by atoms with Crippen LogP contribution in [0.3, 0.4) is 0 Å². The first kappa shape index (κ1) is 25.5. The van der Waals surface area contributed by atoms with E-state index < -0.39 is 47.8 Å². The van der Waals surface area contributed by atoms with Crippen LogP contribution in [-0.2, 0) is 9.59 Å². The number of carbonyl (C=O) groups is 2. The molecule has 1 aromatic carbocycles. The number of H-pyrrole nitrogens is 1. The lowest BCUT2D eigenvalue weighted by Gasteiger charge is -2.35. The van der Waals surface area contributed by atoms with E-state index in [0.717, 1.165) is 57.3 Å². The Labute approximate surface area is 225 Å². The van der Waals surface area contributed by atoms with Gasteiger partial charge in [0, 0.05) is 30.1 Å². The highest BCUT2D eigenvalue weighted by atomic mass is 19.4. The number of alkyl halides is 3. The molecular weight excluding hydrogens is 509 g/mol. The molecule has 3 aliphatic carbocycles. The second-order valence-corrected chi connectivity index (χ2v) is 12.6. The third kappa shape index (κ3) is 4.04. The molecule has 2 amide bonds. The van der Waals surface area contributed by atoms with Crippen LogP contribution >= 0.6 is 0 Å². The van der Waals surface area contributed by atoms with Crippen LogP contribution in [0.5, 0.6) is 0 Å². The van der Waals surface area contributed by atoms with E-state index in [1.807, 2.05) is 18.2 Å². The largest absolute Gasteiger partial charge is 0.394 e. The van der Waals surface area contributed by atoms with Gasteiger partial charge in [-0.05, 0) is 74.9 Å². The number of imide groups is 1. The first-order valence-corrected chi connectivity index (χ1v) is 14.5. The smallest absolute Gasteiger partial charge is 0.392 e. The summed E-state index contributed by atoms with van der Waals surface area (Å²) in [5, 5.41) is 19.3. The zero-order valence-corrected chi connectivity index (χ0v) is 21.8. The number of rotatable bonds is 5. The van der Waals surface area contributed by atoms with Gasteiger partial charge in [0.2, 0.25) is 11.8 Å². The Morgan fingerprint density at radius 2 is 1.62 bits per heavy atom. The summed E-state index contributed by atoms with van der Waals surface area (Å²) in [6.45, 7) is 3.18. The summed E-state index contributed by atoms with van der Waals surface area (Å²) in [4.78, 5) is 30.4. The number of aromatic nitrogens is 2. The van der Waals surface area contributed by atoms with E-state index in [9.17, 15) is 27.9 Å². The minimum atomic E-state index is -4.56. The van der Waals surface area contributed by atoms with Crippen LogP contribution in [0, 0.1) is 41.4 Å². The molecule has 2 N–H and O–H groups in total. The number of piperidine rings is 1. The Bertz CT molecular complexity index is 1270. The van der Waals surface area contributed by atoms with E-state index in [1.165, 1.54) is 16.0 Å². The predicted octanol–water partition coefficient (Wildman–Crippen LogP) is 3.95. The fourth-order valence-corrected chi connectivity index (χ4v) is 9.00. The van der Waals surface area contributed by atoms with Crippen molar-refractivity contribution >= 4 is 22.7 Å². The highest BCUT2D eigenvalue weighted by Crippen LogP contribution is 2.62. The van der Waals surface area contributed by atoms with Gasteiger partial charge in [-0.3, -0.25) is 19.6 Å². The number of benzene rings is 1. The number of nitrogens with one attached hydrogen (secondary N) is 1. The minimum absolute atomic E-state index is 0.113. The number of para-hydroxylation sites is 1. The normalized spacial score (nSPS) is 37.5. The van der Waals surface area contributed by atoms with E-state index in [0.29, 0.717) is 18.4 Å². The number of hydrogen-bond donors (Lipinski definition) is 2.